The van der Waals surface area contributed by atoms with Gasteiger partial charge in [0.2, 0.25) is 10.0 Å². The lowest BCUT2D eigenvalue weighted by atomic mass is 9.96. The summed E-state index contributed by atoms with van der Waals surface area (Å²) in [7, 11) is -3.28. The van der Waals surface area contributed by atoms with Gasteiger partial charge in [-0.05, 0) is 19.4 Å². The van der Waals surface area contributed by atoms with Gasteiger partial charge >= 0.3 is 0 Å². The number of aliphatic imine (C=N–C) groups is 1. The number of benzene rings is 1. The zero-order chi connectivity index (χ0) is 19.6. The minimum Gasteiger partial charge on any atom is -0.384 e. The van der Waals surface area contributed by atoms with E-state index in [-0.39, 0.29) is 18.8 Å². The summed E-state index contributed by atoms with van der Waals surface area (Å²) in [5.41, 5.74) is -0.319. The standard InChI is InChI=1S/C18H32N4O3S/c1-5-19-17(20-13-14-26(24,25)22(6-2)7-3)21-15-18(4,23)16-11-9-8-10-12-16/h8-12,23H,5-7,13-15H2,1-4H3,(H2,19,20,21). The van der Waals surface area contributed by atoms with Crippen LogP contribution >= 0.6 is 0 Å². The molecule has 0 bridgehead atoms. The molecular formula is C18H32N4O3S. The molecular weight excluding hydrogens is 352 g/mol. The fourth-order valence-corrected chi connectivity index (χ4v) is 3.91. The van der Waals surface area contributed by atoms with E-state index in [0.29, 0.717) is 25.6 Å². The van der Waals surface area contributed by atoms with Crippen LogP contribution in [0, 0.1) is 0 Å². The number of nitrogens with zero attached hydrogens (tertiary/aromatic N) is 2. The van der Waals surface area contributed by atoms with E-state index in [1.54, 1.807) is 6.92 Å². The number of aliphatic hydroxyl groups is 1. The van der Waals surface area contributed by atoms with Crippen molar-refractivity contribution in [3.8, 4) is 0 Å². The van der Waals surface area contributed by atoms with E-state index in [1.165, 1.54) is 4.31 Å². The number of hydrogen-bond donors (Lipinski definition) is 3. The average Bonchev–Trinajstić information content (AvgIpc) is 2.61. The first kappa shape index (κ1) is 22.4. The Labute approximate surface area is 157 Å². The molecule has 0 saturated carbocycles. The third-order valence-electron chi connectivity index (χ3n) is 4.04. The van der Waals surface area contributed by atoms with E-state index in [2.05, 4.69) is 15.6 Å². The van der Waals surface area contributed by atoms with Gasteiger partial charge in [0.25, 0.3) is 0 Å². The number of guanidine groups is 1. The second-order valence-corrected chi connectivity index (χ2v) is 8.25. The highest BCUT2D eigenvalue weighted by molar-refractivity contribution is 7.89. The van der Waals surface area contributed by atoms with Crippen LogP contribution < -0.4 is 10.6 Å². The minimum atomic E-state index is -3.28. The largest absolute Gasteiger partial charge is 0.384 e. The Morgan fingerprint density at radius 1 is 1.15 bits per heavy atom. The Kier molecular flexibility index (Phi) is 9.04. The van der Waals surface area contributed by atoms with Gasteiger partial charge in [-0.15, -0.1) is 0 Å². The Hall–Kier alpha value is -1.64. The lowest BCUT2D eigenvalue weighted by molar-refractivity contribution is 0.0672. The molecule has 0 amide bonds. The van der Waals surface area contributed by atoms with Gasteiger partial charge in [0.15, 0.2) is 5.96 Å². The van der Waals surface area contributed by atoms with Gasteiger partial charge in [-0.3, -0.25) is 0 Å². The zero-order valence-electron chi connectivity index (χ0n) is 16.2. The predicted molar refractivity (Wildman–Crippen MR) is 107 cm³/mol. The summed E-state index contributed by atoms with van der Waals surface area (Å²) in [6, 6.07) is 9.34. The van der Waals surface area contributed by atoms with Gasteiger partial charge in [-0.1, -0.05) is 44.2 Å². The highest BCUT2D eigenvalue weighted by Crippen LogP contribution is 2.20. The first-order chi connectivity index (χ1) is 12.3. The lowest BCUT2D eigenvalue weighted by Gasteiger charge is -2.23. The molecule has 7 nitrogen and oxygen atoms in total. The third kappa shape index (κ3) is 6.93. The van der Waals surface area contributed by atoms with E-state index in [0.717, 1.165) is 5.56 Å². The quantitative estimate of drug-likeness (QED) is 0.415. The SMILES string of the molecule is CCNC(=NCC(C)(O)c1ccccc1)NCCS(=O)(=O)N(CC)CC. The molecule has 0 aliphatic heterocycles. The molecule has 3 N–H and O–H groups in total. The summed E-state index contributed by atoms with van der Waals surface area (Å²) >= 11 is 0. The molecule has 0 radical (unpaired) electrons. The van der Waals surface area contributed by atoms with Gasteiger partial charge in [0.05, 0.1) is 12.3 Å². The van der Waals surface area contributed by atoms with Crippen LogP contribution in [0.1, 0.15) is 33.3 Å². The molecule has 0 spiro atoms. The normalized spacial score (nSPS) is 14.9. The van der Waals surface area contributed by atoms with Gasteiger partial charge in [0, 0.05) is 26.2 Å². The summed E-state index contributed by atoms with van der Waals surface area (Å²) in [4.78, 5) is 4.40. The predicted octanol–water partition coefficient (Wildman–Crippen LogP) is 1.12. The molecule has 8 heteroatoms. The summed E-state index contributed by atoms with van der Waals surface area (Å²) in [6.45, 7) is 9.27. The highest BCUT2D eigenvalue weighted by atomic mass is 32.2. The van der Waals surface area contributed by atoms with Crippen LogP contribution in [0.5, 0.6) is 0 Å². The van der Waals surface area contributed by atoms with Gasteiger partial charge < -0.3 is 15.7 Å². The maximum atomic E-state index is 12.2. The van der Waals surface area contributed by atoms with Crippen LogP contribution in [0.4, 0.5) is 0 Å². The molecule has 1 atom stereocenters. The number of rotatable bonds is 10. The topological polar surface area (TPSA) is 94.0 Å². The van der Waals surface area contributed by atoms with Gasteiger partial charge in [-0.2, -0.15) is 0 Å². The van der Waals surface area contributed by atoms with E-state index in [9.17, 15) is 13.5 Å². The van der Waals surface area contributed by atoms with Crippen LogP contribution in [-0.4, -0.2) is 62.3 Å². The molecule has 26 heavy (non-hydrogen) atoms. The number of sulfonamides is 1. The van der Waals surface area contributed by atoms with E-state index in [1.807, 2.05) is 51.1 Å². The van der Waals surface area contributed by atoms with Crippen molar-refractivity contribution in [2.75, 3.05) is 38.5 Å². The van der Waals surface area contributed by atoms with Gasteiger partial charge in [-0.25, -0.2) is 17.7 Å². The van der Waals surface area contributed by atoms with Crippen molar-refractivity contribution in [2.24, 2.45) is 4.99 Å². The molecule has 0 aromatic heterocycles. The van der Waals surface area contributed by atoms with Crippen LogP contribution in [-0.2, 0) is 15.6 Å². The maximum absolute atomic E-state index is 12.2. The maximum Gasteiger partial charge on any atom is 0.215 e. The van der Waals surface area contributed by atoms with Crippen molar-refractivity contribution in [3.63, 3.8) is 0 Å². The molecule has 0 fully saturated rings. The van der Waals surface area contributed by atoms with Crippen LogP contribution in [0.15, 0.2) is 35.3 Å². The van der Waals surface area contributed by atoms with E-state index >= 15 is 0 Å². The van der Waals surface area contributed by atoms with E-state index < -0.39 is 15.6 Å². The van der Waals surface area contributed by atoms with E-state index in [4.69, 9.17) is 0 Å². The fraction of sp³-hybridized carbons (Fsp3) is 0.611. The van der Waals surface area contributed by atoms with Crippen molar-refractivity contribution < 1.29 is 13.5 Å². The van der Waals surface area contributed by atoms with Crippen molar-refractivity contribution >= 4 is 16.0 Å². The highest BCUT2D eigenvalue weighted by Gasteiger charge is 2.23. The number of nitrogens with one attached hydrogen (secondary N) is 2. The van der Waals surface area contributed by atoms with Crippen molar-refractivity contribution in [1.82, 2.24) is 14.9 Å². The second-order valence-electron chi connectivity index (χ2n) is 6.16. The third-order valence-corrected chi connectivity index (χ3v) is 6.06. The zero-order valence-corrected chi connectivity index (χ0v) is 17.0. The Morgan fingerprint density at radius 2 is 1.77 bits per heavy atom. The average molecular weight is 385 g/mol. The minimum absolute atomic E-state index is 0.00578. The van der Waals surface area contributed by atoms with Crippen molar-refractivity contribution in [2.45, 2.75) is 33.3 Å². The second kappa shape index (κ2) is 10.5. The molecule has 0 aliphatic rings. The molecule has 0 saturated heterocycles. The fourth-order valence-electron chi connectivity index (χ4n) is 2.51. The number of hydrogen-bond acceptors (Lipinski definition) is 4. The Balaban J connectivity index is 2.69. The molecule has 0 heterocycles. The van der Waals surface area contributed by atoms with Crippen LogP contribution in [0.25, 0.3) is 0 Å². The van der Waals surface area contributed by atoms with Crippen LogP contribution in [0.2, 0.25) is 0 Å². The summed E-state index contributed by atoms with van der Waals surface area (Å²) in [6.07, 6.45) is 0. The van der Waals surface area contributed by atoms with Crippen molar-refractivity contribution in [1.29, 1.82) is 0 Å². The Bertz CT molecular complexity index is 656. The van der Waals surface area contributed by atoms with Crippen LogP contribution in [0.3, 0.4) is 0 Å². The van der Waals surface area contributed by atoms with Gasteiger partial charge in [0.1, 0.15) is 5.60 Å². The molecule has 0 aliphatic carbocycles. The monoisotopic (exact) mass is 384 g/mol. The smallest absolute Gasteiger partial charge is 0.215 e. The first-order valence-corrected chi connectivity index (χ1v) is 10.7. The molecule has 1 aromatic rings. The van der Waals surface area contributed by atoms with Crippen molar-refractivity contribution in [3.05, 3.63) is 35.9 Å². The lowest BCUT2D eigenvalue weighted by Crippen LogP contribution is -2.42. The summed E-state index contributed by atoms with van der Waals surface area (Å²) < 4.78 is 25.9. The molecule has 1 aromatic carbocycles. The Morgan fingerprint density at radius 3 is 2.31 bits per heavy atom. The first-order valence-electron chi connectivity index (χ1n) is 9.04. The summed E-state index contributed by atoms with van der Waals surface area (Å²) in [5.74, 6) is 0.479. The molecule has 148 valence electrons. The molecule has 1 unspecified atom stereocenters. The molecule has 1 rings (SSSR count). The summed E-state index contributed by atoms with van der Waals surface area (Å²) in [5, 5.41) is 16.7.